The van der Waals surface area contributed by atoms with Crippen LogP contribution in [-0.4, -0.2) is 19.0 Å². The Balaban J connectivity index is 2.25. The van der Waals surface area contributed by atoms with E-state index in [1.807, 2.05) is 44.2 Å². The number of allylic oxidation sites excluding steroid dienone is 1. The van der Waals surface area contributed by atoms with E-state index in [0.29, 0.717) is 17.1 Å². The zero-order valence-electron chi connectivity index (χ0n) is 13.4. The molecule has 0 heterocycles. The summed E-state index contributed by atoms with van der Waals surface area (Å²) in [7, 11) is 1.59. The SMILES string of the molecule is COc1cc(/C=C/C(=O)c2ccccc2)cc(Br)c1OC(C)C. The Morgan fingerprint density at radius 3 is 2.48 bits per heavy atom. The molecule has 2 rings (SSSR count). The number of ether oxygens (including phenoxy) is 2. The summed E-state index contributed by atoms with van der Waals surface area (Å²) in [6.45, 7) is 3.91. The van der Waals surface area contributed by atoms with E-state index in [4.69, 9.17) is 9.47 Å². The third kappa shape index (κ3) is 4.70. The van der Waals surface area contributed by atoms with E-state index >= 15 is 0 Å². The molecule has 0 aliphatic carbocycles. The lowest BCUT2D eigenvalue weighted by molar-refractivity contribution is 0.104. The lowest BCUT2D eigenvalue weighted by atomic mass is 10.1. The van der Waals surface area contributed by atoms with Gasteiger partial charge >= 0.3 is 0 Å². The average Bonchev–Trinajstić information content (AvgIpc) is 2.55. The smallest absolute Gasteiger partial charge is 0.185 e. The standard InChI is InChI=1S/C19H19BrO3/c1-13(2)23-19-16(20)11-14(12-18(19)22-3)9-10-17(21)15-7-5-4-6-8-15/h4-13H,1-3H3/b10-9+. The summed E-state index contributed by atoms with van der Waals surface area (Å²) in [6.07, 6.45) is 3.36. The van der Waals surface area contributed by atoms with Gasteiger partial charge in [-0.1, -0.05) is 36.4 Å². The van der Waals surface area contributed by atoms with Crippen LogP contribution in [0.1, 0.15) is 29.8 Å². The molecule has 0 radical (unpaired) electrons. The second-order valence-corrected chi connectivity index (χ2v) is 6.12. The van der Waals surface area contributed by atoms with Crippen LogP contribution in [0.3, 0.4) is 0 Å². The molecule has 0 atom stereocenters. The van der Waals surface area contributed by atoms with Gasteiger partial charge in [0.15, 0.2) is 17.3 Å². The number of benzene rings is 2. The topological polar surface area (TPSA) is 35.5 Å². The fourth-order valence-electron chi connectivity index (χ4n) is 2.06. The van der Waals surface area contributed by atoms with Crippen molar-refractivity contribution in [2.45, 2.75) is 20.0 Å². The average molecular weight is 375 g/mol. The van der Waals surface area contributed by atoms with Crippen molar-refractivity contribution in [3.8, 4) is 11.5 Å². The van der Waals surface area contributed by atoms with E-state index in [-0.39, 0.29) is 11.9 Å². The van der Waals surface area contributed by atoms with Gasteiger partial charge in [0.1, 0.15) is 0 Å². The molecule has 0 fully saturated rings. The Morgan fingerprint density at radius 1 is 1.17 bits per heavy atom. The van der Waals surface area contributed by atoms with E-state index in [1.165, 1.54) is 0 Å². The van der Waals surface area contributed by atoms with Crippen molar-refractivity contribution in [3.05, 3.63) is 64.1 Å². The number of ketones is 1. The summed E-state index contributed by atoms with van der Waals surface area (Å²) in [4.78, 5) is 12.1. The first kappa shape index (κ1) is 17.3. The van der Waals surface area contributed by atoms with E-state index < -0.39 is 0 Å². The molecule has 0 aromatic heterocycles. The number of rotatable bonds is 6. The van der Waals surface area contributed by atoms with Crippen LogP contribution in [-0.2, 0) is 0 Å². The zero-order valence-corrected chi connectivity index (χ0v) is 15.0. The second kappa shape index (κ2) is 7.97. The van der Waals surface area contributed by atoms with Crippen LogP contribution in [0.15, 0.2) is 53.0 Å². The van der Waals surface area contributed by atoms with Gasteiger partial charge in [0.05, 0.1) is 17.7 Å². The van der Waals surface area contributed by atoms with Crippen LogP contribution in [0, 0.1) is 0 Å². The minimum Gasteiger partial charge on any atom is -0.493 e. The van der Waals surface area contributed by atoms with Gasteiger partial charge in [0.25, 0.3) is 0 Å². The molecule has 0 spiro atoms. The minimum absolute atomic E-state index is 0.0387. The van der Waals surface area contributed by atoms with Gasteiger partial charge in [-0.25, -0.2) is 0 Å². The third-order valence-corrected chi connectivity index (χ3v) is 3.68. The molecule has 23 heavy (non-hydrogen) atoms. The molecule has 2 aromatic carbocycles. The Morgan fingerprint density at radius 2 is 1.87 bits per heavy atom. The van der Waals surface area contributed by atoms with Gasteiger partial charge in [-0.15, -0.1) is 0 Å². The minimum atomic E-state index is -0.0387. The summed E-state index contributed by atoms with van der Waals surface area (Å²) in [6, 6.07) is 12.9. The highest BCUT2D eigenvalue weighted by molar-refractivity contribution is 9.10. The van der Waals surface area contributed by atoms with E-state index in [0.717, 1.165) is 10.0 Å². The van der Waals surface area contributed by atoms with Crippen molar-refractivity contribution in [1.29, 1.82) is 0 Å². The summed E-state index contributed by atoms with van der Waals surface area (Å²) >= 11 is 3.50. The number of hydrogen-bond donors (Lipinski definition) is 0. The molecule has 0 saturated heterocycles. The Bertz CT molecular complexity index is 706. The van der Waals surface area contributed by atoms with Crippen molar-refractivity contribution in [1.82, 2.24) is 0 Å². The van der Waals surface area contributed by atoms with E-state index in [9.17, 15) is 4.79 Å². The molecular weight excluding hydrogens is 356 g/mol. The maximum Gasteiger partial charge on any atom is 0.185 e. The molecule has 0 N–H and O–H groups in total. The molecule has 120 valence electrons. The third-order valence-electron chi connectivity index (χ3n) is 3.09. The Hall–Kier alpha value is -2.07. The Labute approximate surface area is 145 Å². The van der Waals surface area contributed by atoms with Gasteiger partial charge in [0.2, 0.25) is 0 Å². The van der Waals surface area contributed by atoms with Crippen molar-refractivity contribution < 1.29 is 14.3 Å². The lowest BCUT2D eigenvalue weighted by Crippen LogP contribution is -2.07. The fourth-order valence-corrected chi connectivity index (χ4v) is 2.61. The highest BCUT2D eigenvalue weighted by Gasteiger charge is 2.12. The van der Waals surface area contributed by atoms with Crippen LogP contribution < -0.4 is 9.47 Å². The molecule has 0 amide bonds. The first-order valence-corrected chi connectivity index (χ1v) is 8.12. The molecular formula is C19H19BrO3. The van der Waals surface area contributed by atoms with Gasteiger partial charge < -0.3 is 9.47 Å². The molecule has 0 bridgehead atoms. The first-order valence-electron chi connectivity index (χ1n) is 7.33. The van der Waals surface area contributed by atoms with Crippen LogP contribution in [0.2, 0.25) is 0 Å². The van der Waals surface area contributed by atoms with Crippen LogP contribution >= 0.6 is 15.9 Å². The van der Waals surface area contributed by atoms with E-state index in [1.54, 1.807) is 31.4 Å². The predicted octanol–water partition coefficient (Wildman–Crippen LogP) is 5.14. The Kier molecular flexibility index (Phi) is 5.99. The highest BCUT2D eigenvalue weighted by atomic mass is 79.9. The summed E-state index contributed by atoms with van der Waals surface area (Å²) in [5, 5.41) is 0. The number of hydrogen-bond acceptors (Lipinski definition) is 3. The van der Waals surface area contributed by atoms with Crippen molar-refractivity contribution in [2.24, 2.45) is 0 Å². The number of halogens is 1. The van der Waals surface area contributed by atoms with Gasteiger partial charge in [-0.3, -0.25) is 4.79 Å². The summed E-state index contributed by atoms with van der Waals surface area (Å²) in [5.74, 6) is 1.25. The largest absolute Gasteiger partial charge is 0.493 e. The molecule has 0 saturated carbocycles. The van der Waals surface area contributed by atoms with E-state index in [2.05, 4.69) is 15.9 Å². The number of methoxy groups -OCH3 is 1. The first-order chi connectivity index (χ1) is 11.0. The maximum atomic E-state index is 12.1. The van der Waals surface area contributed by atoms with Gasteiger partial charge in [-0.05, 0) is 53.5 Å². The summed E-state index contributed by atoms with van der Waals surface area (Å²) in [5.41, 5.74) is 1.52. The van der Waals surface area contributed by atoms with Gasteiger partial charge in [0, 0.05) is 5.56 Å². The fraction of sp³-hybridized carbons (Fsp3) is 0.211. The number of carbonyl (C=O) groups is 1. The normalized spacial score (nSPS) is 11.0. The van der Waals surface area contributed by atoms with Gasteiger partial charge in [-0.2, -0.15) is 0 Å². The molecule has 0 aliphatic heterocycles. The predicted molar refractivity (Wildman–Crippen MR) is 96.3 cm³/mol. The molecule has 2 aromatic rings. The van der Waals surface area contributed by atoms with Crippen molar-refractivity contribution in [3.63, 3.8) is 0 Å². The number of carbonyl (C=O) groups excluding carboxylic acids is 1. The quantitative estimate of drug-likeness (QED) is 0.518. The molecule has 4 heteroatoms. The van der Waals surface area contributed by atoms with Crippen molar-refractivity contribution >= 4 is 27.8 Å². The van der Waals surface area contributed by atoms with Crippen LogP contribution in [0.25, 0.3) is 6.08 Å². The monoisotopic (exact) mass is 374 g/mol. The lowest BCUT2D eigenvalue weighted by Gasteiger charge is -2.15. The second-order valence-electron chi connectivity index (χ2n) is 5.26. The maximum absolute atomic E-state index is 12.1. The highest BCUT2D eigenvalue weighted by Crippen LogP contribution is 2.37. The summed E-state index contributed by atoms with van der Waals surface area (Å²) < 4.78 is 11.9. The van der Waals surface area contributed by atoms with Crippen LogP contribution in [0.5, 0.6) is 11.5 Å². The zero-order chi connectivity index (χ0) is 16.8. The van der Waals surface area contributed by atoms with Crippen LogP contribution in [0.4, 0.5) is 0 Å². The molecule has 3 nitrogen and oxygen atoms in total. The molecule has 0 aliphatic rings. The van der Waals surface area contributed by atoms with Crippen molar-refractivity contribution in [2.75, 3.05) is 7.11 Å². The molecule has 0 unspecified atom stereocenters.